The zero-order valence-electron chi connectivity index (χ0n) is 10.9. The molecular weight excluding hydrogens is 354 g/mol. The van der Waals surface area contributed by atoms with Gasteiger partial charge in [-0.25, -0.2) is 4.98 Å². The summed E-state index contributed by atoms with van der Waals surface area (Å²) in [4.78, 5) is 16.4. The third-order valence-electron chi connectivity index (χ3n) is 3.01. The Balaban J connectivity index is 1.71. The first-order valence-electron chi connectivity index (χ1n) is 6.29. The fraction of sp³-hybridized carbons (Fsp3) is 0.0667. The van der Waals surface area contributed by atoms with E-state index in [1.807, 2.05) is 28.9 Å². The van der Waals surface area contributed by atoms with E-state index in [0.717, 1.165) is 15.8 Å². The maximum Gasteiger partial charge on any atom is 0.251 e. The highest BCUT2D eigenvalue weighted by atomic mass is 79.9. The van der Waals surface area contributed by atoms with Crippen molar-refractivity contribution in [3.8, 4) is 0 Å². The number of carbonyl (C=O) groups is 1. The van der Waals surface area contributed by atoms with Gasteiger partial charge in [-0.1, -0.05) is 27.5 Å². The Morgan fingerprint density at radius 3 is 2.81 bits per heavy atom. The van der Waals surface area contributed by atoms with Gasteiger partial charge in [-0.05, 0) is 36.4 Å². The molecule has 0 atom stereocenters. The van der Waals surface area contributed by atoms with Crippen molar-refractivity contribution >= 4 is 39.1 Å². The SMILES string of the molecule is O=C(NCc1cn2ccc(Cl)cc2n1)c1ccc(Br)cc1. The molecule has 0 radical (unpaired) electrons. The van der Waals surface area contributed by atoms with Gasteiger partial charge < -0.3 is 9.72 Å². The van der Waals surface area contributed by atoms with Gasteiger partial charge in [-0.2, -0.15) is 0 Å². The molecule has 0 unspecified atom stereocenters. The zero-order valence-corrected chi connectivity index (χ0v) is 13.2. The van der Waals surface area contributed by atoms with Crippen molar-refractivity contribution < 1.29 is 4.79 Å². The van der Waals surface area contributed by atoms with Crippen LogP contribution in [0.4, 0.5) is 0 Å². The third kappa shape index (κ3) is 3.25. The molecule has 106 valence electrons. The number of hydrogen-bond acceptors (Lipinski definition) is 2. The molecule has 0 fully saturated rings. The zero-order chi connectivity index (χ0) is 14.8. The van der Waals surface area contributed by atoms with Crippen molar-refractivity contribution in [1.82, 2.24) is 14.7 Å². The summed E-state index contributed by atoms with van der Waals surface area (Å²) in [7, 11) is 0. The Labute approximate surface area is 134 Å². The standard InChI is InChI=1S/C15H11BrClN3O/c16-11-3-1-10(2-4-11)15(21)18-8-13-9-20-6-5-12(17)7-14(20)19-13/h1-7,9H,8H2,(H,18,21). The molecule has 0 saturated carbocycles. The number of nitrogens with zero attached hydrogens (tertiary/aromatic N) is 2. The van der Waals surface area contributed by atoms with Crippen molar-refractivity contribution in [2.45, 2.75) is 6.54 Å². The number of hydrogen-bond donors (Lipinski definition) is 1. The van der Waals surface area contributed by atoms with E-state index in [2.05, 4.69) is 26.2 Å². The molecule has 21 heavy (non-hydrogen) atoms. The highest BCUT2D eigenvalue weighted by Gasteiger charge is 2.07. The first kappa shape index (κ1) is 14.1. The summed E-state index contributed by atoms with van der Waals surface area (Å²) in [6.45, 7) is 0.369. The lowest BCUT2D eigenvalue weighted by molar-refractivity contribution is 0.0950. The van der Waals surface area contributed by atoms with E-state index < -0.39 is 0 Å². The summed E-state index contributed by atoms with van der Waals surface area (Å²) in [5, 5.41) is 3.48. The van der Waals surface area contributed by atoms with Gasteiger partial charge in [0.25, 0.3) is 5.91 Å². The number of carbonyl (C=O) groups excluding carboxylic acids is 1. The highest BCUT2D eigenvalue weighted by molar-refractivity contribution is 9.10. The quantitative estimate of drug-likeness (QED) is 0.770. The van der Waals surface area contributed by atoms with Gasteiger partial charge in [0, 0.05) is 27.5 Å². The number of amides is 1. The van der Waals surface area contributed by atoms with E-state index in [0.29, 0.717) is 17.1 Å². The number of nitrogens with one attached hydrogen (secondary N) is 1. The van der Waals surface area contributed by atoms with Crippen molar-refractivity contribution in [3.63, 3.8) is 0 Å². The maximum atomic E-state index is 12.0. The minimum Gasteiger partial charge on any atom is -0.346 e. The second-order valence-corrected chi connectivity index (χ2v) is 5.88. The summed E-state index contributed by atoms with van der Waals surface area (Å²) in [5.41, 5.74) is 2.16. The second-order valence-electron chi connectivity index (χ2n) is 4.53. The van der Waals surface area contributed by atoms with Gasteiger partial charge >= 0.3 is 0 Å². The normalized spacial score (nSPS) is 10.8. The molecule has 0 spiro atoms. The summed E-state index contributed by atoms with van der Waals surface area (Å²) in [6, 6.07) is 10.8. The average molecular weight is 365 g/mol. The molecule has 2 aromatic heterocycles. The Bertz CT molecular complexity index is 798. The molecule has 0 saturated heterocycles. The third-order valence-corrected chi connectivity index (χ3v) is 3.77. The highest BCUT2D eigenvalue weighted by Crippen LogP contribution is 2.13. The molecule has 6 heteroatoms. The number of halogens is 2. The molecular formula is C15H11BrClN3O. The van der Waals surface area contributed by atoms with Gasteiger partial charge in [0.2, 0.25) is 0 Å². The van der Waals surface area contributed by atoms with Gasteiger partial charge in [0.15, 0.2) is 0 Å². The molecule has 3 rings (SSSR count). The van der Waals surface area contributed by atoms with Gasteiger partial charge in [-0.15, -0.1) is 0 Å². The minimum absolute atomic E-state index is 0.127. The number of pyridine rings is 1. The molecule has 2 heterocycles. The summed E-state index contributed by atoms with van der Waals surface area (Å²) in [6.07, 6.45) is 3.71. The van der Waals surface area contributed by atoms with Crippen LogP contribution in [0, 0.1) is 0 Å². The van der Waals surface area contributed by atoms with Crippen LogP contribution in [-0.2, 0) is 6.54 Å². The molecule has 0 aliphatic rings. The predicted octanol–water partition coefficient (Wildman–Crippen LogP) is 3.68. The van der Waals surface area contributed by atoms with Crippen molar-refractivity contribution in [3.05, 3.63) is 69.5 Å². The number of rotatable bonds is 3. The summed E-state index contributed by atoms with van der Waals surface area (Å²) >= 11 is 9.26. The molecule has 1 aromatic carbocycles. The van der Waals surface area contributed by atoms with Crippen LogP contribution in [0.25, 0.3) is 5.65 Å². The average Bonchev–Trinajstić information content (AvgIpc) is 2.87. The monoisotopic (exact) mass is 363 g/mol. The van der Waals surface area contributed by atoms with E-state index in [1.165, 1.54) is 0 Å². The van der Waals surface area contributed by atoms with E-state index >= 15 is 0 Å². The van der Waals surface area contributed by atoms with Crippen molar-refractivity contribution in [2.75, 3.05) is 0 Å². The van der Waals surface area contributed by atoms with Crippen LogP contribution in [-0.4, -0.2) is 15.3 Å². The fourth-order valence-electron chi connectivity index (χ4n) is 1.97. The van der Waals surface area contributed by atoms with Crippen molar-refractivity contribution in [2.24, 2.45) is 0 Å². The lowest BCUT2D eigenvalue weighted by Crippen LogP contribution is -2.22. The molecule has 0 aliphatic carbocycles. The molecule has 0 aliphatic heterocycles. The van der Waals surface area contributed by atoms with Crippen LogP contribution in [0.5, 0.6) is 0 Å². The Morgan fingerprint density at radius 2 is 2.05 bits per heavy atom. The summed E-state index contributed by atoms with van der Waals surface area (Å²) < 4.78 is 2.81. The van der Waals surface area contributed by atoms with E-state index in [9.17, 15) is 4.79 Å². The Hall–Kier alpha value is -1.85. The van der Waals surface area contributed by atoms with Crippen molar-refractivity contribution in [1.29, 1.82) is 0 Å². The summed E-state index contributed by atoms with van der Waals surface area (Å²) in [5.74, 6) is -0.127. The van der Waals surface area contributed by atoms with Gasteiger partial charge in [0.1, 0.15) is 5.65 Å². The lowest BCUT2D eigenvalue weighted by atomic mass is 10.2. The molecule has 0 bridgehead atoms. The van der Waals surface area contributed by atoms with Gasteiger partial charge in [0.05, 0.1) is 12.2 Å². The largest absolute Gasteiger partial charge is 0.346 e. The lowest BCUT2D eigenvalue weighted by Gasteiger charge is -2.03. The smallest absolute Gasteiger partial charge is 0.251 e. The first-order chi connectivity index (χ1) is 10.1. The maximum absolute atomic E-state index is 12.0. The predicted molar refractivity (Wildman–Crippen MR) is 85.5 cm³/mol. The minimum atomic E-state index is -0.127. The van der Waals surface area contributed by atoms with Crippen LogP contribution in [0.15, 0.2) is 53.3 Å². The Kier molecular flexibility index (Phi) is 3.94. The fourth-order valence-corrected chi connectivity index (χ4v) is 2.39. The van der Waals surface area contributed by atoms with Crippen LogP contribution in [0.1, 0.15) is 16.1 Å². The number of imidazole rings is 1. The van der Waals surface area contributed by atoms with Crippen LogP contribution in [0.3, 0.4) is 0 Å². The first-order valence-corrected chi connectivity index (χ1v) is 7.46. The topological polar surface area (TPSA) is 46.4 Å². The number of fused-ring (bicyclic) bond motifs is 1. The van der Waals surface area contributed by atoms with E-state index in [4.69, 9.17) is 11.6 Å². The van der Waals surface area contributed by atoms with Crippen LogP contribution in [0.2, 0.25) is 5.02 Å². The number of aromatic nitrogens is 2. The Morgan fingerprint density at radius 1 is 1.29 bits per heavy atom. The molecule has 1 amide bonds. The van der Waals surface area contributed by atoms with Crippen LogP contribution < -0.4 is 5.32 Å². The van der Waals surface area contributed by atoms with E-state index in [1.54, 1.807) is 24.3 Å². The number of benzene rings is 1. The second kappa shape index (κ2) is 5.87. The van der Waals surface area contributed by atoms with E-state index in [-0.39, 0.29) is 5.91 Å². The molecule has 3 aromatic rings. The van der Waals surface area contributed by atoms with Crippen LogP contribution >= 0.6 is 27.5 Å². The van der Waals surface area contributed by atoms with Gasteiger partial charge in [-0.3, -0.25) is 4.79 Å². The molecule has 4 nitrogen and oxygen atoms in total. The molecule has 1 N–H and O–H groups in total.